The van der Waals surface area contributed by atoms with E-state index < -0.39 is 6.04 Å². The van der Waals surface area contributed by atoms with Crippen molar-refractivity contribution in [3.63, 3.8) is 0 Å². The summed E-state index contributed by atoms with van der Waals surface area (Å²) in [5.41, 5.74) is 1.65. The van der Waals surface area contributed by atoms with Gasteiger partial charge in [-0.25, -0.2) is 4.39 Å². The van der Waals surface area contributed by atoms with Gasteiger partial charge in [0.25, 0.3) is 5.91 Å². The summed E-state index contributed by atoms with van der Waals surface area (Å²) < 4.78 is 19.0. The first-order valence-electron chi connectivity index (χ1n) is 10.0. The first kappa shape index (κ1) is 22.0. The first-order chi connectivity index (χ1) is 15.1. The van der Waals surface area contributed by atoms with Crippen LogP contribution >= 0.6 is 0 Å². The third kappa shape index (κ3) is 6.40. The quantitative estimate of drug-likeness (QED) is 0.576. The minimum absolute atomic E-state index is 0.155. The average Bonchev–Trinajstić information content (AvgIpc) is 2.81. The van der Waals surface area contributed by atoms with Crippen molar-refractivity contribution < 1.29 is 18.7 Å². The summed E-state index contributed by atoms with van der Waals surface area (Å²) in [5.74, 6) is -0.407. The highest BCUT2D eigenvalue weighted by atomic mass is 19.1. The van der Waals surface area contributed by atoms with E-state index in [-0.39, 0.29) is 30.8 Å². The van der Waals surface area contributed by atoms with Crippen molar-refractivity contribution in [1.82, 2.24) is 10.2 Å². The molecular weight excluding hydrogens is 395 g/mol. The summed E-state index contributed by atoms with van der Waals surface area (Å²) in [6, 6.07) is 23.7. The van der Waals surface area contributed by atoms with Crippen LogP contribution in [0.4, 0.5) is 4.39 Å². The van der Waals surface area contributed by atoms with Crippen molar-refractivity contribution in [3.05, 3.63) is 102 Å². The molecule has 3 rings (SSSR count). The fraction of sp³-hybridized carbons (Fsp3) is 0.200. The van der Waals surface area contributed by atoms with Crippen molar-refractivity contribution in [2.45, 2.75) is 19.0 Å². The Hall–Kier alpha value is -3.67. The number of hydrogen-bond donors (Lipinski definition) is 1. The van der Waals surface area contributed by atoms with E-state index in [9.17, 15) is 14.0 Å². The lowest BCUT2D eigenvalue weighted by Crippen LogP contribution is -2.51. The molecule has 5 nitrogen and oxygen atoms in total. The van der Waals surface area contributed by atoms with Crippen LogP contribution in [-0.4, -0.2) is 36.4 Å². The number of rotatable bonds is 9. The molecule has 0 saturated carbocycles. The third-order valence-electron chi connectivity index (χ3n) is 4.89. The molecule has 0 saturated heterocycles. The fourth-order valence-electron chi connectivity index (χ4n) is 3.25. The molecule has 0 fully saturated rings. The molecule has 0 heterocycles. The second-order valence-electron chi connectivity index (χ2n) is 7.07. The molecule has 0 unspecified atom stereocenters. The van der Waals surface area contributed by atoms with E-state index >= 15 is 0 Å². The van der Waals surface area contributed by atoms with E-state index in [0.29, 0.717) is 12.2 Å². The first-order valence-corrected chi connectivity index (χ1v) is 10.0. The molecule has 3 aromatic rings. The number of ether oxygens (including phenoxy) is 1. The van der Waals surface area contributed by atoms with Crippen LogP contribution in [0.5, 0.6) is 5.75 Å². The smallest absolute Gasteiger partial charge is 0.261 e. The highest BCUT2D eigenvalue weighted by molar-refractivity contribution is 5.88. The minimum Gasteiger partial charge on any atom is -0.484 e. The highest BCUT2D eigenvalue weighted by Crippen LogP contribution is 2.16. The number of carbonyl (C=O) groups is 2. The number of amides is 2. The van der Waals surface area contributed by atoms with Gasteiger partial charge < -0.3 is 15.0 Å². The predicted octanol–water partition coefficient (Wildman–Crippen LogP) is 3.59. The Morgan fingerprint density at radius 1 is 0.903 bits per heavy atom. The van der Waals surface area contributed by atoms with Crippen LogP contribution in [0.25, 0.3) is 0 Å². The second-order valence-corrected chi connectivity index (χ2v) is 7.07. The van der Waals surface area contributed by atoms with Crippen LogP contribution in [0, 0.1) is 5.82 Å². The zero-order valence-corrected chi connectivity index (χ0v) is 17.3. The number of hydrogen-bond acceptors (Lipinski definition) is 3. The van der Waals surface area contributed by atoms with Gasteiger partial charge in [0.05, 0.1) is 0 Å². The van der Waals surface area contributed by atoms with Crippen molar-refractivity contribution in [3.8, 4) is 5.75 Å². The van der Waals surface area contributed by atoms with E-state index in [4.69, 9.17) is 4.74 Å². The Labute approximate surface area is 181 Å². The largest absolute Gasteiger partial charge is 0.484 e. The van der Waals surface area contributed by atoms with Crippen LogP contribution in [0.15, 0.2) is 84.9 Å². The molecule has 0 aliphatic heterocycles. The number of benzene rings is 3. The maximum absolute atomic E-state index is 13.4. The molecule has 6 heteroatoms. The molecule has 31 heavy (non-hydrogen) atoms. The summed E-state index contributed by atoms with van der Waals surface area (Å²) in [6.45, 7) is -0.0598. The molecule has 0 aliphatic rings. The maximum Gasteiger partial charge on any atom is 0.261 e. The summed E-state index contributed by atoms with van der Waals surface area (Å²) in [4.78, 5) is 27.4. The number of nitrogens with one attached hydrogen (secondary N) is 1. The van der Waals surface area contributed by atoms with Gasteiger partial charge in [0.2, 0.25) is 5.91 Å². The second kappa shape index (κ2) is 10.9. The Morgan fingerprint density at radius 2 is 1.52 bits per heavy atom. The van der Waals surface area contributed by atoms with E-state index in [1.807, 2.05) is 48.5 Å². The number of halogens is 1. The maximum atomic E-state index is 13.4. The van der Waals surface area contributed by atoms with Gasteiger partial charge in [0.1, 0.15) is 17.6 Å². The molecule has 1 N–H and O–H groups in total. The van der Waals surface area contributed by atoms with Gasteiger partial charge in [-0.05, 0) is 35.4 Å². The van der Waals surface area contributed by atoms with Crippen LogP contribution in [-0.2, 0) is 22.6 Å². The fourth-order valence-corrected chi connectivity index (χ4v) is 3.25. The number of nitrogens with zero attached hydrogens (tertiary/aromatic N) is 1. The van der Waals surface area contributed by atoms with Crippen LogP contribution in [0.2, 0.25) is 0 Å². The summed E-state index contributed by atoms with van der Waals surface area (Å²) >= 11 is 0. The molecule has 0 bridgehead atoms. The Bertz CT molecular complexity index is 979. The van der Waals surface area contributed by atoms with Gasteiger partial charge in [-0.3, -0.25) is 9.59 Å². The summed E-state index contributed by atoms with van der Waals surface area (Å²) in [5, 5.41) is 2.66. The Kier molecular flexibility index (Phi) is 7.76. The summed E-state index contributed by atoms with van der Waals surface area (Å²) in [7, 11) is 1.54. The molecule has 1 atom stereocenters. The molecule has 0 aliphatic carbocycles. The van der Waals surface area contributed by atoms with Crippen LogP contribution < -0.4 is 10.1 Å². The number of para-hydroxylation sites is 1. The van der Waals surface area contributed by atoms with E-state index in [1.54, 1.807) is 31.3 Å². The van der Waals surface area contributed by atoms with Crippen molar-refractivity contribution in [2.24, 2.45) is 0 Å². The topological polar surface area (TPSA) is 58.6 Å². The molecule has 2 amide bonds. The van der Waals surface area contributed by atoms with Crippen LogP contribution in [0.1, 0.15) is 11.1 Å². The Morgan fingerprint density at radius 3 is 2.13 bits per heavy atom. The van der Waals surface area contributed by atoms with Crippen molar-refractivity contribution in [1.29, 1.82) is 0 Å². The van der Waals surface area contributed by atoms with Crippen LogP contribution in [0.3, 0.4) is 0 Å². The number of likely N-dealkylation sites (N-methyl/N-ethyl adjacent to an activating group) is 1. The molecule has 0 radical (unpaired) electrons. The predicted molar refractivity (Wildman–Crippen MR) is 117 cm³/mol. The highest BCUT2D eigenvalue weighted by Gasteiger charge is 2.30. The van der Waals surface area contributed by atoms with Crippen molar-refractivity contribution >= 4 is 11.8 Å². The lowest BCUT2D eigenvalue weighted by molar-refractivity contribution is -0.142. The zero-order chi connectivity index (χ0) is 22.1. The zero-order valence-electron chi connectivity index (χ0n) is 17.3. The Balaban J connectivity index is 1.86. The van der Waals surface area contributed by atoms with E-state index in [1.165, 1.54) is 17.0 Å². The minimum atomic E-state index is -0.746. The van der Waals surface area contributed by atoms with Gasteiger partial charge in [-0.15, -0.1) is 0 Å². The SMILES string of the molecule is CNC(=O)[C@@H](Cc1ccccc1)N(Cc1ccc(F)cc1)C(=O)COc1ccccc1. The normalized spacial score (nSPS) is 11.4. The lowest BCUT2D eigenvalue weighted by Gasteiger charge is -2.31. The van der Waals surface area contributed by atoms with Gasteiger partial charge in [0, 0.05) is 20.0 Å². The van der Waals surface area contributed by atoms with Crippen molar-refractivity contribution in [2.75, 3.05) is 13.7 Å². The molecular formula is C25H25FN2O3. The van der Waals surface area contributed by atoms with E-state index in [2.05, 4.69) is 5.32 Å². The third-order valence-corrected chi connectivity index (χ3v) is 4.89. The van der Waals surface area contributed by atoms with Gasteiger partial charge in [-0.1, -0.05) is 60.7 Å². The number of carbonyl (C=O) groups excluding carboxylic acids is 2. The summed E-state index contributed by atoms with van der Waals surface area (Å²) in [6.07, 6.45) is 0.346. The average molecular weight is 420 g/mol. The van der Waals surface area contributed by atoms with E-state index in [0.717, 1.165) is 11.1 Å². The van der Waals surface area contributed by atoms with Gasteiger partial charge in [0.15, 0.2) is 6.61 Å². The molecule has 0 aromatic heterocycles. The lowest BCUT2D eigenvalue weighted by atomic mass is 10.0. The molecule has 0 spiro atoms. The molecule has 3 aromatic carbocycles. The standard InChI is InChI=1S/C25H25FN2O3/c1-27-25(30)23(16-19-8-4-2-5-9-19)28(17-20-12-14-21(26)15-13-20)24(29)18-31-22-10-6-3-7-11-22/h2-15,23H,16-18H2,1H3,(H,27,30)/t23-/m1/s1. The van der Waals surface area contributed by atoms with Gasteiger partial charge in [-0.2, -0.15) is 0 Å². The van der Waals surface area contributed by atoms with Gasteiger partial charge >= 0.3 is 0 Å². The monoisotopic (exact) mass is 420 g/mol. The molecule has 160 valence electrons.